The molecule has 1 N–H and O–H groups in total. The number of para-hydroxylation sites is 1. The Balaban J connectivity index is 1.69. The van der Waals surface area contributed by atoms with Crippen LogP contribution < -0.4 is 5.32 Å². The van der Waals surface area contributed by atoms with Gasteiger partial charge in [0.1, 0.15) is 0 Å². The highest BCUT2D eigenvalue weighted by Crippen LogP contribution is 2.46. The fourth-order valence-electron chi connectivity index (χ4n) is 2.97. The minimum Gasteiger partial charge on any atom is -0.369 e. The van der Waals surface area contributed by atoms with E-state index in [1.54, 1.807) is 0 Å². The van der Waals surface area contributed by atoms with Crippen molar-refractivity contribution < 1.29 is 0 Å². The van der Waals surface area contributed by atoms with Gasteiger partial charge >= 0.3 is 0 Å². The van der Waals surface area contributed by atoms with Crippen molar-refractivity contribution in [2.24, 2.45) is 0 Å². The maximum atomic E-state index is 6.38. The average Bonchev–Trinajstić information content (AvgIpc) is 2.88. The predicted octanol–water partition coefficient (Wildman–Crippen LogP) is 4.34. The number of halogens is 1. The van der Waals surface area contributed by atoms with E-state index in [0.717, 1.165) is 17.3 Å². The fourth-order valence-corrected chi connectivity index (χ4v) is 4.72. The summed E-state index contributed by atoms with van der Waals surface area (Å²) >= 11 is 8.34. The molecule has 4 heteroatoms. The second-order valence-corrected chi connectivity index (χ2v) is 6.72. The number of anilines is 1. The summed E-state index contributed by atoms with van der Waals surface area (Å²) in [5, 5.41) is 4.85. The molecule has 0 aliphatic carbocycles. The first-order valence-corrected chi connectivity index (χ1v) is 8.22. The summed E-state index contributed by atoms with van der Waals surface area (Å²) in [6.45, 7) is 0.983. The summed E-state index contributed by atoms with van der Waals surface area (Å²) in [5.74, 6) is 1.09. The molecule has 0 aromatic heterocycles. The van der Waals surface area contributed by atoms with Crippen LogP contribution in [-0.2, 0) is 6.54 Å². The van der Waals surface area contributed by atoms with Gasteiger partial charge in [0.05, 0.1) is 11.5 Å². The van der Waals surface area contributed by atoms with Gasteiger partial charge in [-0.2, -0.15) is 0 Å². The Morgan fingerprint density at radius 2 is 1.90 bits per heavy atom. The molecule has 1 fully saturated rings. The Bertz CT molecular complexity index is 646. The molecule has 2 aliphatic rings. The molecule has 0 unspecified atom stereocenters. The molecule has 102 valence electrons. The van der Waals surface area contributed by atoms with Crippen LogP contribution in [0, 0.1) is 0 Å². The molecule has 0 spiro atoms. The molecule has 4 rings (SSSR count). The lowest BCUT2D eigenvalue weighted by molar-refractivity contribution is 0.214. The molecule has 2 heterocycles. The van der Waals surface area contributed by atoms with Gasteiger partial charge in [-0.25, -0.2) is 0 Å². The second kappa shape index (κ2) is 4.99. The molecule has 20 heavy (non-hydrogen) atoms. The van der Waals surface area contributed by atoms with E-state index in [0.29, 0.717) is 11.5 Å². The molecule has 0 bridgehead atoms. The largest absolute Gasteiger partial charge is 0.369 e. The molecule has 2 atom stereocenters. The summed E-state index contributed by atoms with van der Waals surface area (Å²) in [6.07, 6.45) is 0.399. The van der Waals surface area contributed by atoms with Crippen molar-refractivity contribution >= 4 is 29.1 Å². The highest BCUT2D eigenvalue weighted by Gasteiger charge is 2.38. The third-order valence-corrected chi connectivity index (χ3v) is 5.67. The quantitative estimate of drug-likeness (QED) is 0.843. The average molecular weight is 303 g/mol. The van der Waals surface area contributed by atoms with Crippen LogP contribution in [0.2, 0.25) is 5.02 Å². The summed E-state index contributed by atoms with van der Waals surface area (Å²) in [6, 6.07) is 16.8. The van der Waals surface area contributed by atoms with Gasteiger partial charge in [0.15, 0.2) is 0 Å². The summed E-state index contributed by atoms with van der Waals surface area (Å²) in [5.41, 5.74) is 3.86. The Labute approximate surface area is 128 Å². The van der Waals surface area contributed by atoms with Crippen molar-refractivity contribution in [2.45, 2.75) is 18.1 Å². The van der Waals surface area contributed by atoms with Gasteiger partial charge in [-0.15, -0.1) is 11.8 Å². The van der Waals surface area contributed by atoms with E-state index < -0.39 is 0 Å². The van der Waals surface area contributed by atoms with E-state index in [9.17, 15) is 0 Å². The van der Waals surface area contributed by atoms with Gasteiger partial charge in [-0.1, -0.05) is 48.0 Å². The first-order valence-electron chi connectivity index (χ1n) is 6.79. The Morgan fingerprint density at radius 3 is 2.80 bits per heavy atom. The van der Waals surface area contributed by atoms with Gasteiger partial charge in [-0.3, -0.25) is 4.90 Å². The molecule has 2 aromatic carbocycles. The molecule has 1 saturated heterocycles. The minimum atomic E-state index is 0.342. The van der Waals surface area contributed by atoms with E-state index in [4.69, 9.17) is 11.6 Å². The zero-order valence-electron chi connectivity index (χ0n) is 10.9. The molecular weight excluding hydrogens is 288 g/mol. The number of fused-ring (bicyclic) bond motifs is 2. The number of benzene rings is 2. The normalized spacial score (nSPS) is 24.9. The molecule has 2 aromatic rings. The van der Waals surface area contributed by atoms with Crippen LogP contribution in [0.15, 0.2) is 48.5 Å². The van der Waals surface area contributed by atoms with Crippen LogP contribution in [-0.4, -0.2) is 16.8 Å². The number of nitrogens with zero attached hydrogens (tertiary/aromatic N) is 1. The minimum absolute atomic E-state index is 0.342. The third kappa shape index (κ3) is 2.01. The molecule has 2 nitrogen and oxygen atoms in total. The van der Waals surface area contributed by atoms with Crippen molar-refractivity contribution in [1.82, 2.24) is 4.90 Å². The van der Waals surface area contributed by atoms with Crippen molar-refractivity contribution in [2.75, 3.05) is 11.1 Å². The van der Waals surface area contributed by atoms with Gasteiger partial charge in [0.2, 0.25) is 0 Å². The smallest absolute Gasteiger partial charge is 0.0901 e. The molecule has 0 amide bonds. The van der Waals surface area contributed by atoms with Gasteiger partial charge in [0.25, 0.3) is 0 Å². The number of nitrogens with one attached hydrogen (secondary N) is 1. The van der Waals surface area contributed by atoms with Crippen LogP contribution in [0.4, 0.5) is 5.69 Å². The van der Waals surface area contributed by atoms with Gasteiger partial charge in [-0.05, 0) is 23.3 Å². The van der Waals surface area contributed by atoms with Crippen molar-refractivity contribution in [1.29, 1.82) is 0 Å². The van der Waals surface area contributed by atoms with Crippen LogP contribution in [0.25, 0.3) is 0 Å². The van der Waals surface area contributed by atoms with E-state index in [-0.39, 0.29) is 0 Å². The van der Waals surface area contributed by atoms with E-state index >= 15 is 0 Å². The second-order valence-electron chi connectivity index (χ2n) is 5.20. The lowest BCUT2D eigenvalue weighted by atomic mass is 10.1. The fraction of sp³-hybridized carbons (Fsp3) is 0.250. The number of thioether (sulfide) groups is 1. The maximum Gasteiger partial charge on any atom is 0.0901 e. The highest BCUT2D eigenvalue weighted by molar-refractivity contribution is 7.99. The van der Waals surface area contributed by atoms with E-state index in [1.807, 2.05) is 23.9 Å². The summed E-state index contributed by atoms with van der Waals surface area (Å²) in [4.78, 5) is 2.51. The standard InChI is InChI=1S/C16H15ClN2S/c17-13-7-3-2-6-12(13)16-19-9-11-5-1-4-8-14(11)18-15(19)10-20-16/h1-8,15-16,18H,9-10H2/t15-,16-/m0/s1. The van der Waals surface area contributed by atoms with E-state index in [1.165, 1.54) is 16.8 Å². The van der Waals surface area contributed by atoms with Crippen LogP contribution >= 0.6 is 23.4 Å². The summed E-state index contributed by atoms with van der Waals surface area (Å²) in [7, 11) is 0. The van der Waals surface area contributed by atoms with Crippen LogP contribution in [0.5, 0.6) is 0 Å². The molecule has 2 aliphatic heterocycles. The first kappa shape index (κ1) is 12.6. The topological polar surface area (TPSA) is 15.3 Å². The number of rotatable bonds is 1. The zero-order valence-corrected chi connectivity index (χ0v) is 12.5. The van der Waals surface area contributed by atoms with E-state index in [2.05, 4.69) is 46.6 Å². The number of hydrogen-bond acceptors (Lipinski definition) is 3. The monoisotopic (exact) mass is 302 g/mol. The summed E-state index contributed by atoms with van der Waals surface area (Å²) < 4.78 is 0. The SMILES string of the molecule is Clc1ccccc1[C@@H]1SC[C@H]2Nc3ccccc3CN21. The van der Waals surface area contributed by atoms with Crippen LogP contribution in [0.3, 0.4) is 0 Å². The predicted molar refractivity (Wildman–Crippen MR) is 86.0 cm³/mol. The van der Waals surface area contributed by atoms with Crippen molar-refractivity contribution in [3.8, 4) is 0 Å². The van der Waals surface area contributed by atoms with Crippen molar-refractivity contribution in [3.63, 3.8) is 0 Å². The lowest BCUT2D eigenvalue weighted by Crippen LogP contribution is -2.41. The Kier molecular flexibility index (Phi) is 3.14. The highest BCUT2D eigenvalue weighted by atomic mass is 35.5. The van der Waals surface area contributed by atoms with Gasteiger partial charge < -0.3 is 5.32 Å². The Hall–Kier alpha value is -1.16. The lowest BCUT2D eigenvalue weighted by Gasteiger charge is -2.35. The maximum absolute atomic E-state index is 6.38. The molecule has 0 saturated carbocycles. The Morgan fingerprint density at radius 1 is 1.10 bits per heavy atom. The zero-order chi connectivity index (χ0) is 13.5. The number of hydrogen-bond donors (Lipinski definition) is 1. The van der Waals surface area contributed by atoms with Crippen LogP contribution in [0.1, 0.15) is 16.5 Å². The molecular formula is C16H15ClN2S. The van der Waals surface area contributed by atoms with Crippen molar-refractivity contribution in [3.05, 3.63) is 64.7 Å². The van der Waals surface area contributed by atoms with Gasteiger partial charge in [0, 0.05) is 23.0 Å². The first-order chi connectivity index (χ1) is 9.83. The third-order valence-electron chi connectivity index (χ3n) is 3.98. The molecule has 0 radical (unpaired) electrons.